The summed E-state index contributed by atoms with van der Waals surface area (Å²) in [5, 5.41) is 13.3. The van der Waals surface area contributed by atoms with Crippen molar-refractivity contribution in [1.29, 1.82) is 0 Å². The summed E-state index contributed by atoms with van der Waals surface area (Å²) in [6, 6.07) is 20.1. The lowest BCUT2D eigenvalue weighted by Gasteiger charge is -2.41. The molecule has 1 aliphatic heterocycles. The van der Waals surface area contributed by atoms with E-state index in [4.69, 9.17) is 4.74 Å². The van der Waals surface area contributed by atoms with Gasteiger partial charge in [-0.25, -0.2) is 4.39 Å². The van der Waals surface area contributed by atoms with E-state index in [0.29, 0.717) is 6.42 Å². The SMILES string of the molecule is COc1ccc2c(c1)CCNC2(Cc1ccc(O)cc1)c1ccc(F)cc1. The maximum Gasteiger partial charge on any atom is 0.123 e. The van der Waals surface area contributed by atoms with Crippen molar-refractivity contribution in [1.82, 2.24) is 5.32 Å². The van der Waals surface area contributed by atoms with Crippen molar-refractivity contribution in [3.05, 3.63) is 94.8 Å². The van der Waals surface area contributed by atoms with E-state index in [1.807, 2.05) is 30.3 Å². The van der Waals surface area contributed by atoms with Crippen LogP contribution in [-0.4, -0.2) is 18.8 Å². The van der Waals surface area contributed by atoms with Crippen molar-refractivity contribution in [3.63, 3.8) is 0 Å². The molecule has 1 heterocycles. The Morgan fingerprint density at radius 1 is 1.04 bits per heavy atom. The van der Waals surface area contributed by atoms with Gasteiger partial charge in [0, 0.05) is 6.54 Å². The van der Waals surface area contributed by atoms with Crippen LogP contribution in [0.5, 0.6) is 11.5 Å². The lowest BCUT2D eigenvalue weighted by molar-refractivity contribution is 0.372. The predicted octanol–water partition coefficient (Wildman–Crippen LogP) is 4.17. The van der Waals surface area contributed by atoms with E-state index in [1.165, 1.54) is 23.3 Å². The summed E-state index contributed by atoms with van der Waals surface area (Å²) in [6.07, 6.45) is 1.60. The van der Waals surface area contributed by atoms with Crippen LogP contribution in [0.15, 0.2) is 66.7 Å². The second-order valence-corrected chi connectivity index (χ2v) is 6.96. The zero-order chi connectivity index (χ0) is 18.9. The van der Waals surface area contributed by atoms with E-state index in [0.717, 1.165) is 29.8 Å². The Labute approximate surface area is 158 Å². The molecule has 1 unspecified atom stereocenters. The van der Waals surface area contributed by atoms with E-state index in [1.54, 1.807) is 19.2 Å². The minimum Gasteiger partial charge on any atom is -0.508 e. The fourth-order valence-corrected chi connectivity index (χ4v) is 4.00. The molecule has 4 heteroatoms. The first kappa shape index (κ1) is 17.6. The fraction of sp³-hybridized carbons (Fsp3) is 0.217. The first-order valence-corrected chi connectivity index (χ1v) is 9.07. The minimum absolute atomic E-state index is 0.246. The van der Waals surface area contributed by atoms with Crippen LogP contribution in [-0.2, 0) is 18.4 Å². The van der Waals surface area contributed by atoms with Crippen LogP contribution in [0.4, 0.5) is 4.39 Å². The largest absolute Gasteiger partial charge is 0.508 e. The number of aromatic hydroxyl groups is 1. The van der Waals surface area contributed by atoms with E-state index in [-0.39, 0.29) is 11.6 Å². The standard InChI is InChI=1S/C23H22FNO2/c1-27-21-10-11-22-17(14-21)12-13-25-23(22,18-4-6-19(24)7-5-18)15-16-2-8-20(26)9-3-16/h2-11,14,25-26H,12-13,15H2,1H3. The van der Waals surface area contributed by atoms with Gasteiger partial charge in [0.2, 0.25) is 0 Å². The van der Waals surface area contributed by atoms with Gasteiger partial charge in [0.1, 0.15) is 17.3 Å². The number of fused-ring (bicyclic) bond motifs is 1. The number of hydrogen-bond acceptors (Lipinski definition) is 3. The molecular weight excluding hydrogens is 341 g/mol. The number of methoxy groups -OCH3 is 1. The molecule has 3 aromatic carbocycles. The van der Waals surface area contributed by atoms with E-state index in [9.17, 15) is 9.50 Å². The highest BCUT2D eigenvalue weighted by molar-refractivity contribution is 5.49. The van der Waals surface area contributed by atoms with Crippen LogP contribution in [0, 0.1) is 5.82 Å². The second kappa shape index (κ2) is 7.05. The molecule has 0 bridgehead atoms. The van der Waals surface area contributed by atoms with E-state index in [2.05, 4.69) is 17.4 Å². The normalized spacial score (nSPS) is 18.7. The summed E-state index contributed by atoms with van der Waals surface area (Å²) in [6.45, 7) is 0.815. The zero-order valence-electron chi connectivity index (χ0n) is 15.2. The molecule has 1 atom stereocenters. The van der Waals surface area contributed by atoms with Crippen molar-refractivity contribution in [2.24, 2.45) is 0 Å². The summed E-state index contributed by atoms with van der Waals surface area (Å²) in [4.78, 5) is 0. The van der Waals surface area contributed by atoms with Gasteiger partial charge in [0.15, 0.2) is 0 Å². The Morgan fingerprint density at radius 3 is 2.48 bits per heavy atom. The Kier molecular flexibility index (Phi) is 4.58. The Bertz CT molecular complexity index is 938. The van der Waals surface area contributed by atoms with Gasteiger partial charge >= 0.3 is 0 Å². The molecule has 138 valence electrons. The molecule has 0 saturated heterocycles. The molecule has 0 radical (unpaired) electrons. The summed E-state index contributed by atoms with van der Waals surface area (Å²) >= 11 is 0. The third-order valence-corrected chi connectivity index (χ3v) is 5.34. The molecule has 0 aliphatic carbocycles. The van der Waals surface area contributed by atoms with Crippen molar-refractivity contribution >= 4 is 0 Å². The zero-order valence-corrected chi connectivity index (χ0v) is 15.2. The van der Waals surface area contributed by atoms with Gasteiger partial charge in [-0.05, 0) is 71.5 Å². The third kappa shape index (κ3) is 3.28. The van der Waals surface area contributed by atoms with E-state index < -0.39 is 5.54 Å². The molecule has 27 heavy (non-hydrogen) atoms. The van der Waals surface area contributed by atoms with Gasteiger partial charge in [-0.1, -0.05) is 30.3 Å². The molecule has 2 N–H and O–H groups in total. The topological polar surface area (TPSA) is 41.5 Å². The molecule has 0 saturated carbocycles. The number of rotatable bonds is 4. The van der Waals surface area contributed by atoms with Crippen LogP contribution in [0.3, 0.4) is 0 Å². The van der Waals surface area contributed by atoms with Crippen molar-refractivity contribution in [2.45, 2.75) is 18.4 Å². The number of phenols is 1. The summed E-state index contributed by atoms with van der Waals surface area (Å²) < 4.78 is 19.0. The lowest BCUT2D eigenvalue weighted by atomic mass is 9.73. The summed E-state index contributed by atoms with van der Waals surface area (Å²) in [5.74, 6) is 0.842. The first-order chi connectivity index (χ1) is 13.1. The number of halogens is 1. The van der Waals surface area contributed by atoms with Crippen molar-refractivity contribution < 1.29 is 14.2 Å². The number of benzene rings is 3. The average molecular weight is 363 g/mol. The Morgan fingerprint density at radius 2 is 1.78 bits per heavy atom. The molecule has 0 fully saturated rings. The maximum atomic E-state index is 13.6. The highest BCUT2D eigenvalue weighted by Crippen LogP contribution is 2.39. The molecule has 4 rings (SSSR count). The predicted molar refractivity (Wildman–Crippen MR) is 104 cm³/mol. The highest BCUT2D eigenvalue weighted by atomic mass is 19.1. The molecular formula is C23H22FNO2. The quantitative estimate of drug-likeness (QED) is 0.731. The highest BCUT2D eigenvalue weighted by Gasteiger charge is 2.38. The third-order valence-electron chi connectivity index (χ3n) is 5.34. The summed E-state index contributed by atoms with van der Waals surface area (Å²) in [7, 11) is 1.67. The van der Waals surface area contributed by atoms with Gasteiger partial charge in [0.05, 0.1) is 12.6 Å². The van der Waals surface area contributed by atoms with Gasteiger partial charge in [0.25, 0.3) is 0 Å². The van der Waals surface area contributed by atoms with Crippen molar-refractivity contribution in [2.75, 3.05) is 13.7 Å². The number of phenolic OH excluding ortho intramolecular Hbond substituents is 1. The second-order valence-electron chi connectivity index (χ2n) is 6.96. The molecule has 0 amide bonds. The van der Waals surface area contributed by atoms with Crippen LogP contribution in [0.2, 0.25) is 0 Å². The van der Waals surface area contributed by atoms with Crippen LogP contribution in [0.25, 0.3) is 0 Å². The van der Waals surface area contributed by atoms with Crippen LogP contribution in [0.1, 0.15) is 22.3 Å². The number of ether oxygens (including phenoxy) is 1. The monoisotopic (exact) mass is 363 g/mol. The summed E-state index contributed by atoms with van der Waals surface area (Å²) in [5.41, 5.74) is 4.05. The van der Waals surface area contributed by atoms with Gasteiger partial charge in [-0.3, -0.25) is 0 Å². The lowest BCUT2D eigenvalue weighted by Crippen LogP contribution is -2.49. The molecule has 3 aromatic rings. The van der Waals surface area contributed by atoms with Crippen molar-refractivity contribution in [3.8, 4) is 11.5 Å². The van der Waals surface area contributed by atoms with Gasteiger partial charge in [-0.15, -0.1) is 0 Å². The van der Waals surface area contributed by atoms with E-state index >= 15 is 0 Å². The number of hydrogen-bond donors (Lipinski definition) is 2. The van der Waals surface area contributed by atoms with Gasteiger partial charge in [-0.2, -0.15) is 0 Å². The minimum atomic E-state index is -0.468. The number of nitrogens with one attached hydrogen (secondary N) is 1. The molecule has 0 aromatic heterocycles. The van der Waals surface area contributed by atoms with Crippen LogP contribution < -0.4 is 10.1 Å². The fourth-order valence-electron chi connectivity index (χ4n) is 4.00. The Balaban J connectivity index is 1.87. The molecule has 0 spiro atoms. The molecule has 1 aliphatic rings. The first-order valence-electron chi connectivity index (χ1n) is 9.07. The maximum absolute atomic E-state index is 13.6. The molecule has 3 nitrogen and oxygen atoms in total. The Hall–Kier alpha value is -2.85. The average Bonchev–Trinajstić information content (AvgIpc) is 2.70. The smallest absolute Gasteiger partial charge is 0.123 e. The van der Waals surface area contributed by atoms with Crippen LogP contribution >= 0.6 is 0 Å². The van der Waals surface area contributed by atoms with Gasteiger partial charge < -0.3 is 15.2 Å².